The number of ether oxygens (including phenoxy) is 1. The second-order valence-electron chi connectivity index (χ2n) is 3.79. The van der Waals surface area contributed by atoms with Crippen LogP contribution < -0.4 is 0 Å². The van der Waals surface area contributed by atoms with Gasteiger partial charge in [0, 0.05) is 0 Å². The Balaban J connectivity index is 2.90. The molecule has 0 saturated carbocycles. The van der Waals surface area contributed by atoms with E-state index in [0.29, 0.717) is 0 Å². The molecule has 1 aliphatic rings. The zero-order valence-electron chi connectivity index (χ0n) is 8.19. The van der Waals surface area contributed by atoms with Crippen molar-refractivity contribution in [1.29, 1.82) is 0 Å². The first-order valence-electron chi connectivity index (χ1n) is 4.29. The van der Waals surface area contributed by atoms with Crippen LogP contribution >= 0.6 is 0 Å². The molecular weight excluding hydrogens is 208 g/mol. The Morgan fingerprint density at radius 2 is 2.14 bits per heavy atom. The van der Waals surface area contributed by atoms with Crippen molar-refractivity contribution in [2.75, 3.05) is 18.6 Å². The lowest BCUT2D eigenvalue weighted by Gasteiger charge is -2.35. The highest BCUT2D eigenvalue weighted by molar-refractivity contribution is 7.91. The van der Waals surface area contributed by atoms with Gasteiger partial charge < -0.3 is 9.84 Å². The molecular formula is C8H14O5S. The minimum atomic E-state index is -3.20. The number of hydrogen-bond acceptors (Lipinski definition) is 5. The summed E-state index contributed by atoms with van der Waals surface area (Å²) in [6.07, 6.45) is -1.06. The summed E-state index contributed by atoms with van der Waals surface area (Å²) in [6, 6.07) is 0. The molecule has 82 valence electrons. The molecule has 2 unspecified atom stereocenters. The molecule has 0 bridgehead atoms. The summed E-state index contributed by atoms with van der Waals surface area (Å²) in [6.45, 7) is 1.53. The quantitative estimate of drug-likeness (QED) is 0.596. The fourth-order valence-electron chi connectivity index (χ4n) is 1.51. The van der Waals surface area contributed by atoms with Gasteiger partial charge >= 0.3 is 5.97 Å². The van der Waals surface area contributed by atoms with Crippen LogP contribution in [0, 0.1) is 5.41 Å². The highest BCUT2D eigenvalue weighted by atomic mass is 32.2. The first kappa shape index (κ1) is 11.5. The van der Waals surface area contributed by atoms with Gasteiger partial charge in [-0.05, 0) is 13.3 Å². The summed E-state index contributed by atoms with van der Waals surface area (Å²) in [7, 11) is -1.98. The third-order valence-corrected chi connectivity index (χ3v) is 4.38. The van der Waals surface area contributed by atoms with Crippen molar-refractivity contribution in [1.82, 2.24) is 0 Å². The van der Waals surface area contributed by atoms with Crippen molar-refractivity contribution in [3.63, 3.8) is 0 Å². The zero-order valence-corrected chi connectivity index (χ0v) is 9.00. The van der Waals surface area contributed by atoms with Crippen LogP contribution in [0.1, 0.15) is 13.3 Å². The predicted octanol–water partition coefficient (Wildman–Crippen LogP) is -0.655. The molecule has 0 aliphatic carbocycles. The SMILES string of the molecule is COC(=O)C1(C)CCS(=O)(=O)CC1O. The minimum Gasteiger partial charge on any atom is -0.469 e. The Morgan fingerprint density at radius 1 is 1.57 bits per heavy atom. The molecule has 0 aromatic rings. The fourth-order valence-corrected chi connectivity index (χ4v) is 3.26. The number of carbonyl (C=O) groups excluding carboxylic acids is 1. The minimum absolute atomic E-state index is 0.0737. The molecule has 0 aromatic carbocycles. The summed E-state index contributed by atoms with van der Waals surface area (Å²) in [5, 5.41) is 9.59. The maximum Gasteiger partial charge on any atom is 0.314 e. The smallest absolute Gasteiger partial charge is 0.314 e. The molecule has 1 heterocycles. The maximum atomic E-state index is 11.3. The van der Waals surface area contributed by atoms with E-state index in [1.165, 1.54) is 14.0 Å². The van der Waals surface area contributed by atoms with E-state index in [2.05, 4.69) is 4.74 Å². The molecule has 6 heteroatoms. The van der Waals surface area contributed by atoms with Crippen LogP contribution in [0.25, 0.3) is 0 Å². The van der Waals surface area contributed by atoms with Crippen molar-refractivity contribution in [2.24, 2.45) is 5.41 Å². The largest absolute Gasteiger partial charge is 0.469 e. The van der Waals surface area contributed by atoms with Crippen LogP contribution in [-0.2, 0) is 19.4 Å². The lowest BCUT2D eigenvalue weighted by Crippen LogP contribution is -2.49. The summed E-state index contributed by atoms with van der Waals surface area (Å²) in [5.74, 6) is -0.992. The Hall–Kier alpha value is -0.620. The normalized spacial score (nSPS) is 36.4. The lowest BCUT2D eigenvalue weighted by molar-refractivity contribution is -0.158. The van der Waals surface area contributed by atoms with Gasteiger partial charge in [-0.2, -0.15) is 0 Å². The van der Waals surface area contributed by atoms with Crippen LogP contribution in [0.15, 0.2) is 0 Å². The number of sulfone groups is 1. The topological polar surface area (TPSA) is 80.7 Å². The Bertz CT molecular complexity index is 334. The average molecular weight is 222 g/mol. The van der Waals surface area contributed by atoms with E-state index >= 15 is 0 Å². The van der Waals surface area contributed by atoms with Crippen molar-refractivity contribution in [2.45, 2.75) is 19.4 Å². The fraction of sp³-hybridized carbons (Fsp3) is 0.875. The first-order valence-corrected chi connectivity index (χ1v) is 6.11. The second kappa shape index (κ2) is 3.51. The second-order valence-corrected chi connectivity index (χ2v) is 6.02. The van der Waals surface area contributed by atoms with Crippen LogP contribution in [0.3, 0.4) is 0 Å². The highest BCUT2D eigenvalue weighted by Crippen LogP contribution is 2.33. The van der Waals surface area contributed by atoms with Gasteiger partial charge in [0.25, 0.3) is 0 Å². The monoisotopic (exact) mass is 222 g/mol. The molecule has 0 amide bonds. The van der Waals surface area contributed by atoms with E-state index in [9.17, 15) is 18.3 Å². The number of hydrogen-bond donors (Lipinski definition) is 1. The van der Waals surface area contributed by atoms with Gasteiger partial charge in [0.15, 0.2) is 9.84 Å². The van der Waals surface area contributed by atoms with E-state index in [4.69, 9.17) is 0 Å². The van der Waals surface area contributed by atoms with Gasteiger partial charge in [0.1, 0.15) is 0 Å². The number of aliphatic hydroxyl groups is 1. The van der Waals surface area contributed by atoms with E-state index in [0.717, 1.165) is 0 Å². The van der Waals surface area contributed by atoms with Gasteiger partial charge in [-0.1, -0.05) is 0 Å². The predicted molar refractivity (Wildman–Crippen MR) is 49.4 cm³/mol. The summed E-state index contributed by atoms with van der Waals surface area (Å²) in [4.78, 5) is 11.3. The summed E-state index contributed by atoms with van der Waals surface area (Å²) in [5.41, 5.74) is -1.08. The third-order valence-electron chi connectivity index (χ3n) is 2.73. The van der Waals surface area contributed by atoms with Crippen molar-refractivity contribution in [3.05, 3.63) is 0 Å². The molecule has 0 aromatic heterocycles. The van der Waals surface area contributed by atoms with Crippen molar-refractivity contribution < 1.29 is 23.1 Å². The lowest BCUT2D eigenvalue weighted by atomic mass is 9.82. The summed E-state index contributed by atoms with van der Waals surface area (Å²) >= 11 is 0. The molecule has 1 fully saturated rings. The molecule has 1 N–H and O–H groups in total. The van der Waals surface area contributed by atoms with Crippen molar-refractivity contribution in [3.8, 4) is 0 Å². The molecule has 0 spiro atoms. The average Bonchev–Trinajstić information content (AvgIpc) is 2.10. The molecule has 1 aliphatic heterocycles. The zero-order chi connectivity index (χ0) is 11.0. The molecule has 0 radical (unpaired) electrons. The van der Waals surface area contributed by atoms with Crippen LogP contribution in [0.5, 0.6) is 0 Å². The Labute approximate surface area is 83.0 Å². The highest BCUT2D eigenvalue weighted by Gasteiger charge is 2.47. The Morgan fingerprint density at radius 3 is 2.57 bits per heavy atom. The van der Waals surface area contributed by atoms with Crippen molar-refractivity contribution >= 4 is 15.8 Å². The van der Waals surface area contributed by atoms with E-state index in [-0.39, 0.29) is 17.9 Å². The Kier molecular flexibility index (Phi) is 2.87. The molecule has 1 rings (SSSR count). The van der Waals surface area contributed by atoms with E-state index < -0.39 is 27.3 Å². The van der Waals surface area contributed by atoms with Gasteiger partial charge in [0.05, 0.1) is 30.1 Å². The van der Waals surface area contributed by atoms with E-state index in [1.54, 1.807) is 0 Å². The molecule has 14 heavy (non-hydrogen) atoms. The number of aliphatic hydroxyl groups excluding tert-OH is 1. The molecule has 2 atom stereocenters. The van der Waals surface area contributed by atoms with Gasteiger partial charge in [0.2, 0.25) is 0 Å². The summed E-state index contributed by atoms with van der Waals surface area (Å²) < 4.78 is 26.8. The first-order chi connectivity index (χ1) is 6.32. The van der Waals surface area contributed by atoms with Crippen LogP contribution in [0.4, 0.5) is 0 Å². The molecule has 5 nitrogen and oxygen atoms in total. The van der Waals surface area contributed by atoms with Crippen LogP contribution in [-0.4, -0.2) is 44.2 Å². The number of esters is 1. The standard InChI is InChI=1S/C8H14O5S/c1-8(7(10)13-2)3-4-14(11,12)5-6(8)9/h6,9H,3-5H2,1-2H3. The number of carbonyl (C=O) groups is 1. The van der Waals surface area contributed by atoms with Gasteiger partial charge in [-0.15, -0.1) is 0 Å². The maximum absolute atomic E-state index is 11.3. The van der Waals surface area contributed by atoms with E-state index in [1.807, 2.05) is 0 Å². The number of methoxy groups -OCH3 is 1. The van der Waals surface area contributed by atoms with Crippen LogP contribution in [0.2, 0.25) is 0 Å². The van der Waals surface area contributed by atoms with Gasteiger partial charge in [-0.3, -0.25) is 4.79 Å². The third kappa shape index (κ3) is 1.90. The van der Waals surface area contributed by atoms with Gasteiger partial charge in [-0.25, -0.2) is 8.42 Å². The number of rotatable bonds is 1. The molecule has 1 saturated heterocycles.